The highest BCUT2D eigenvalue weighted by Crippen LogP contribution is 2.21. The molecule has 8 atom stereocenters. The molecule has 0 aliphatic carbocycles. The summed E-state index contributed by atoms with van der Waals surface area (Å²) in [5.41, 5.74) is 0. The number of nitrogens with one attached hydrogen (secondary N) is 2. The summed E-state index contributed by atoms with van der Waals surface area (Å²) in [7, 11) is 0. The number of rotatable bonds is 7. The topological polar surface area (TPSA) is 131 Å². The third-order valence-electron chi connectivity index (χ3n) is 5.16. The zero-order valence-electron chi connectivity index (χ0n) is 14.3. The van der Waals surface area contributed by atoms with Gasteiger partial charge in [-0.25, -0.2) is 0 Å². The van der Waals surface area contributed by atoms with Gasteiger partial charge in [0.05, 0.1) is 12.6 Å². The Bertz CT molecular complexity index is 421. The van der Waals surface area contributed by atoms with Crippen LogP contribution in [0.1, 0.15) is 33.1 Å². The SMILES string of the molecule is CC1NC(CCCCNC2OC(CO)C(O)C(O)C2O)C(=O)C1C. The molecule has 2 aliphatic rings. The number of unbranched alkanes of at least 4 members (excludes halogenated alkanes) is 1. The van der Waals surface area contributed by atoms with Gasteiger partial charge in [0.15, 0.2) is 5.78 Å². The van der Waals surface area contributed by atoms with Crippen LogP contribution < -0.4 is 10.6 Å². The molecule has 8 unspecified atom stereocenters. The van der Waals surface area contributed by atoms with Crippen molar-refractivity contribution in [3.8, 4) is 0 Å². The van der Waals surface area contributed by atoms with Crippen molar-refractivity contribution < 1.29 is 30.0 Å². The molecule has 0 aromatic heterocycles. The molecule has 0 spiro atoms. The quantitative estimate of drug-likeness (QED) is 0.295. The van der Waals surface area contributed by atoms with Crippen molar-refractivity contribution >= 4 is 5.78 Å². The monoisotopic (exact) mass is 346 g/mol. The summed E-state index contributed by atoms with van der Waals surface area (Å²) in [5.74, 6) is 0.326. The Balaban J connectivity index is 1.68. The summed E-state index contributed by atoms with van der Waals surface area (Å²) >= 11 is 0. The molecule has 2 rings (SSSR count). The first-order valence-electron chi connectivity index (χ1n) is 8.70. The predicted molar refractivity (Wildman–Crippen MR) is 86.2 cm³/mol. The van der Waals surface area contributed by atoms with Gasteiger partial charge in [-0.3, -0.25) is 10.1 Å². The summed E-state index contributed by atoms with van der Waals surface area (Å²) in [6.45, 7) is 4.06. The summed E-state index contributed by atoms with van der Waals surface area (Å²) < 4.78 is 5.37. The Morgan fingerprint density at radius 3 is 2.42 bits per heavy atom. The molecule has 0 bridgehead atoms. The molecule has 2 heterocycles. The Kier molecular flexibility index (Phi) is 7.11. The van der Waals surface area contributed by atoms with Gasteiger partial charge < -0.3 is 30.5 Å². The van der Waals surface area contributed by atoms with E-state index in [9.17, 15) is 20.1 Å². The second kappa shape index (κ2) is 8.66. The van der Waals surface area contributed by atoms with Crippen molar-refractivity contribution in [2.24, 2.45) is 5.92 Å². The zero-order chi connectivity index (χ0) is 17.9. The van der Waals surface area contributed by atoms with Crippen molar-refractivity contribution in [1.29, 1.82) is 0 Å². The molecule has 8 heteroatoms. The summed E-state index contributed by atoms with van der Waals surface area (Å²) in [5, 5.41) is 44.8. The second-order valence-corrected chi connectivity index (χ2v) is 6.90. The fraction of sp³-hybridized carbons (Fsp3) is 0.938. The molecule has 6 N–H and O–H groups in total. The van der Waals surface area contributed by atoms with Crippen LogP contribution in [0.5, 0.6) is 0 Å². The highest BCUT2D eigenvalue weighted by atomic mass is 16.6. The van der Waals surface area contributed by atoms with E-state index in [1.165, 1.54) is 0 Å². The van der Waals surface area contributed by atoms with E-state index in [1.54, 1.807) is 0 Å². The van der Waals surface area contributed by atoms with E-state index in [-0.39, 0.29) is 23.8 Å². The fourth-order valence-electron chi connectivity index (χ4n) is 3.32. The average molecular weight is 346 g/mol. The van der Waals surface area contributed by atoms with Crippen LogP contribution in [0.2, 0.25) is 0 Å². The van der Waals surface area contributed by atoms with Crippen LogP contribution in [-0.4, -0.2) is 82.1 Å². The van der Waals surface area contributed by atoms with Gasteiger partial charge in [0.2, 0.25) is 0 Å². The second-order valence-electron chi connectivity index (χ2n) is 6.90. The molecule has 8 nitrogen and oxygen atoms in total. The lowest BCUT2D eigenvalue weighted by atomic mass is 9.98. The van der Waals surface area contributed by atoms with Crippen LogP contribution in [0.25, 0.3) is 0 Å². The summed E-state index contributed by atoms with van der Waals surface area (Å²) in [6.07, 6.45) is -3.32. The number of hydrogen-bond acceptors (Lipinski definition) is 8. The number of hydrogen-bond donors (Lipinski definition) is 6. The number of aliphatic hydroxyl groups is 4. The maximum Gasteiger partial charge on any atom is 0.154 e. The predicted octanol–water partition coefficient (Wildman–Crippen LogP) is -1.89. The molecule has 2 saturated heterocycles. The number of carbonyl (C=O) groups is 1. The first-order chi connectivity index (χ1) is 11.4. The largest absolute Gasteiger partial charge is 0.394 e. The van der Waals surface area contributed by atoms with Gasteiger partial charge in [-0.2, -0.15) is 0 Å². The molecule has 2 fully saturated rings. The summed E-state index contributed by atoms with van der Waals surface area (Å²) in [6, 6.07) is 0.136. The van der Waals surface area contributed by atoms with Gasteiger partial charge in [-0.15, -0.1) is 0 Å². The van der Waals surface area contributed by atoms with Crippen LogP contribution in [0.3, 0.4) is 0 Å². The van der Waals surface area contributed by atoms with E-state index >= 15 is 0 Å². The lowest BCUT2D eigenvalue weighted by Gasteiger charge is -2.40. The highest BCUT2D eigenvalue weighted by Gasteiger charge is 2.43. The number of carbonyl (C=O) groups excluding carboxylic acids is 1. The van der Waals surface area contributed by atoms with Crippen LogP contribution >= 0.6 is 0 Å². The Morgan fingerprint density at radius 1 is 1.12 bits per heavy atom. The van der Waals surface area contributed by atoms with Gasteiger partial charge >= 0.3 is 0 Å². The zero-order valence-corrected chi connectivity index (χ0v) is 14.3. The van der Waals surface area contributed by atoms with Crippen LogP contribution in [0, 0.1) is 5.92 Å². The molecule has 0 aromatic carbocycles. The highest BCUT2D eigenvalue weighted by molar-refractivity contribution is 5.88. The number of aliphatic hydroxyl groups excluding tert-OH is 4. The van der Waals surface area contributed by atoms with E-state index in [2.05, 4.69) is 10.6 Å². The molecule has 140 valence electrons. The van der Waals surface area contributed by atoms with Crippen molar-refractivity contribution in [1.82, 2.24) is 10.6 Å². The van der Waals surface area contributed by atoms with Gasteiger partial charge in [0.25, 0.3) is 0 Å². The number of Topliss-reactive ketones (excluding diaryl/α,β-unsaturated/α-hetero) is 1. The van der Waals surface area contributed by atoms with Gasteiger partial charge in [0.1, 0.15) is 30.6 Å². The molecule has 0 saturated carbocycles. The van der Waals surface area contributed by atoms with Crippen molar-refractivity contribution in [2.45, 2.75) is 75.8 Å². The third-order valence-corrected chi connectivity index (χ3v) is 5.16. The fourth-order valence-corrected chi connectivity index (χ4v) is 3.32. The van der Waals surface area contributed by atoms with Crippen molar-refractivity contribution in [3.05, 3.63) is 0 Å². The minimum absolute atomic E-state index is 0.0576. The molecule has 0 radical (unpaired) electrons. The minimum atomic E-state index is -1.36. The van der Waals surface area contributed by atoms with Gasteiger partial charge in [-0.1, -0.05) is 13.3 Å². The van der Waals surface area contributed by atoms with Gasteiger partial charge in [-0.05, 0) is 26.3 Å². The smallest absolute Gasteiger partial charge is 0.154 e. The molecule has 2 aliphatic heterocycles. The van der Waals surface area contributed by atoms with E-state index in [1.807, 2.05) is 13.8 Å². The average Bonchev–Trinajstić information content (AvgIpc) is 2.81. The normalized spacial score (nSPS) is 43.3. The molecular formula is C16H30N2O6. The van der Waals surface area contributed by atoms with Crippen LogP contribution in [0.15, 0.2) is 0 Å². The minimum Gasteiger partial charge on any atom is -0.394 e. The maximum atomic E-state index is 12.0. The van der Waals surface area contributed by atoms with Gasteiger partial charge in [0, 0.05) is 12.0 Å². The first kappa shape index (κ1) is 19.7. The molecule has 0 amide bonds. The third kappa shape index (κ3) is 4.32. The van der Waals surface area contributed by atoms with Crippen LogP contribution in [0.4, 0.5) is 0 Å². The van der Waals surface area contributed by atoms with Crippen molar-refractivity contribution in [2.75, 3.05) is 13.2 Å². The number of ketones is 1. The van der Waals surface area contributed by atoms with Crippen LogP contribution in [-0.2, 0) is 9.53 Å². The number of ether oxygens (including phenoxy) is 1. The maximum absolute atomic E-state index is 12.0. The Hall–Kier alpha value is -0.610. The van der Waals surface area contributed by atoms with E-state index in [4.69, 9.17) is 9.84 Å². The standard InChI is InChI=1S/C16H30N2O6/c1-8-9(2)18-10(12(8)20)5-3-4-6-17-16-15(23)14(22)13(21)11(7-19)24-16/h8-11,13-19,21-23H,3-7H2,1-2H3. The molecular weight excluding hydrogens is 316 g/mol. The molecule has 24 heavy (non-hydrogen) atoms. The van der Waals surface area contributed by atoms with E-state index in [0.29, 0.717) is 6.54 Å². The van der Waals surface area contributed by atoms with E-state index in [0.717, 1.165) is 19.3 Å². The summed E-state index contributed by atoms with van der Waals surface area (Å²) in [4.78, 5) is 12.0. The molecule has 0 aromatic rings. The Morgan fingerprint density at radius 2 is 1.83 bits per heavy atom. The Labute approximate surface area is 142 Å². The lowest BCUT2D eigenvalue weighted by molar-refractivity contribution is -0.236. The lowest BCUT2D eigenvalue weighted by Crippen LogP contribution is -2.62. The van der Waals surface area contributed by atoms with E-state index < -0.39 is 37.3 Å². The van der Waals surface area contributed by atoms with Crippen molar-refractivity contribution in [3.63, 3.8) is 0 Å². The first-order valence-corrected chi connectivity index (χ1v) is 8.70.